The SMILES string of the molecule is CC(C)(C)OC(=O)N1CC[C@H](c2cccc(-n3cccn3)c2)C[C@@H]1C(=O)O. The minimum atomic E-state index is -1.01. The van der Waals surface area contributed by atoms with Crippen LogP contribution in [0.2, 0.25) is 0 Å². The molecule has 1 aromatic heterocycles. The number of carboxylic acids is 1. The van der Waals surface area contributed by atoms with Crippen LogP contribution in [0.4, 0.5) is 4.79 Å². The van der Waals surface area contributed by atoms with Crippen LogP contribution in [0.1, 0.15) is 45.1 Å². The van der Waals surface area contributed by atoms with E-state index in [1.54, 1.807) is 31.6 Å². The van der Waals surface area contributed by atoms with Crippen molar-refractivity contribution in [2.75, 3.05) is 6.54 Å². The van der Waals surface area contributed by atoms with Crippen LogP contribution in [0.3, 0.4) is 0 Å². The van der Waals surface area contributed by atoms with Gasteiger partial charge in [-0.1, -0.05) is 12.1 Å². The van der Waals surface area contributed by atoms with Gasteiger partial charge in [0.05, 0.1) is 5.69 Å². The van der Waals surface area contributed by atoms with Gasteiger partial charge < -0.3 is 9.84 Å². The number of carbonyl (C=O) groups excluding carboxylic acids is 1. The van der Waals surface area contributed by atoms with Crippen LogP contribution in [-0.4, -0.2) is 50.0 Å². The van der Waals surface area contributed by atoms with Crippen LogP contribution in [0.15, 0.2) is 42.7 Å². The number of rotatable bonds is 3. The average molecular weight is 371 g/mol. The molecule has 1 fully saturated rings. The highest BCUT2D eigenvalue weighted by Gasteiger charge is 2.38. The molecule has 2 heterocycles. The fourth-order valence-electron chi connectivity index (χ4n) is 3.38. The monoisotopic (exact) mass is 371 g/mol. The van der Waals surface area contributed by atoms with Crippen LogP contribution in [0, 0.1) is 0 Å². The van der Waals surface area contributed by atoms with Gasteiger partial charge in [-0.3, -0.25) is 4.90 Å². The smallest absolute Gasteiger partial charge is 0.411 e. The molecule has 0 spiro atoms. The number of aromatic nitrogens is 2. The van der Waals surface area contributed by atoms with E-state index in [4.69, 9.17) is 4.74 Å². The summed E-state index contributed by atoms with van der Waals surface area (Å²) in [6.07, 6.45) is 4.05. The number of carbonyl (C=O) groups is 2. The second-order valence-electron chi connectivity index (χ2n) is 7.79. The van der Waals surface area contributed by atoms with E-state index < -0.39 is 23.7 Å². The van der Waals surface area contributed by atoms with Crippen molar-refractivity contribution in [3.8, 4) is 5.69 Å². The second-order valence-corrected chi connectivity index (χ2v) is 7.79. The Morgan fingerprint density at radius 1 is 1.26 bits per heavy atom. The Hall–Kier alpha value is -2.83. The molecule has 7 nitrogen and oxygen atoms in total. The summed E-state index contributed by atoms with van der Waals surface area (Å²) in [7, 11) is 0. The van der Waals surface area contributed by atoms with Gasteiger partial charge in [-0.2, -0.15) is 5.10 Å². The molecule has 0 saturated carbocycles. The molecule has 2 aromatic rings. The predicted octanol–water partition coefficient (Wildman–Crippen LogP) is 3.44. The maximum Gasteiger partial charge on any atom is 0.411 e. The fourth-order valence-corrected chi connectivity index (χ4v) is 3.38. The Bertz CT molecular complexity index is 811. The van der Waals surface area contributed by atoms with Crippen molar-refractivity contribution in [3.63, 3.8) is 0 Å². The van der Waals surface area contributed by atoms with Crippen molar-refractivity contribution in [1.82, 2.24) is 14.7 Å². The lowest BCUT2D eigenvalue weighted by atomic mass is 9.85. The fraction of sp³-hybridized carbons (Fsp3) is 0.450. The van der Waals surface area contributed by atoms with Crippen LogP contribution in [0.5, 0.6) is 0 Å². The zero-order valence-corrected chi connectivity index (χ0v) is 15.8. The van der Waals surface area contributed by atoms with Gasteiger partial charge in [0, 0.05) is 18.9 Å². The molecule has 1 N–H and O–H groups in total. The summed E-state index contributed by atoms with van der Waals surface area (Å²) >= 11 is 0. The van der Waals surface area contributed by atoms with Crippen molar-refractivity contribution in [1.29, 1.82) is 0 Å². The van der Waals surface area contributed by atoms with Crippen molar-refractivity contribution in [2.24, 2.45) is 0 Å². The van der Waals surface area contributed by atoms with Gasteiger partial charge in [-0.15, -0.1) is 0 Å². The molecule has 144 valence electrons. The zero-order chi connectivity index (χ0) is 19.6. The predicted molar refractivity (Wildman–Crippen MR) is 99.9 cm³/mol. The van der Waals surface area contributed by atoms with Crippen LogP contribution in [0.25, 0.3) is 5.69 Å². The van der Waals surface area contributed by atoms with E-state index in [1.165, 1.54) is 4.90 Å². The first-order valence-electron chi connectivity index (χ1n) is 9.07. The third-order valence-electron chi connectivity index (χ3n) is 4.63. The number of nitrogens with zero attached hydrogens (tertiary/aromatic N) is 3. The molecule has 7 heteroatoms. The van der Waals surface area contributed by atoms with Crippen molar-refractivity contribution in [3.05, 3.63) is 48.3 Å². The molecule has 0 unspecified atom stereocenters. The number of ether oxygens (including phenoxy) is 1. The number of aliphatic carboxylic acids is 1. The highest BCUT2D eigenvalue weighted by Crippen LogP contribution is 2.33. The van der Waals surface area contributed by atoms with E-state index in [0.29, 0.717) is 19.4 Å². The lowest BCUT2D eigenvalue weighted by Gasteiger charge is -2.38. The summed E-state index contributed by atoms with van der Waals surface area (Å²) in [5, 5.41) is 13.9. The molecule has 0 aliphatic carbocycles. The Labute approximate surface area is 158 Å². The molecule has 2 atom stereocenters. The third-order valence-corrected chi connectivity index (χ3v) is 4.63. The summed E-state index contributed by atoms with van der Waals surface area (Å²) in [5.41, 5.74) is 1.33. The van der Waals surface area contributed by atoms with E-state index >= 15 is 0 Å². The average Bonchev–Trinajstić information content (AvgIpc) is 3.14. The minimum Gasteiger partial charge on any atom is -0.480 e. The number of likely N-dealkylation sites (tertiary alicyclic amines) is 1. The van der Waals surface area contributed by atoms with Gasteiger partial charge in [0.2, 0.25) is 0 Å². The van der Waals surface area contributed by atoms with Gasteiger partial charge in [0.1, 0.15) is 11.6 Å². The third kappa shape index (κ3) is 4.48. The van der Waals surface area contributed by atoms with Crippen LogP contribution >= 0.6 is 0 Å². The first-order valence-corrected chi connectivity index (χ1v) is 9.07. The molecule has 3 rings (SSSR count). The summed E-state index contributed by atoms with van der Waals surface area (Å²) in [6, 6.07) is 8.89. The quantitative estimate of drug-likeness (QED) is 0.893. The second kappa shape index (κ2) is 7.42. The Kier molecular flexibility index (Phi) is 5.21. The number of hydrogen-bond donors (Lipinski definition) is 1. The number of amides is 1. The van der Waals surface area contributed by atoms with Gasteiger partial charge in [0.15, 0.2) is 0 Å². The lowest BCUT2D eigenvalue weighted by molar-refractivity contribution is -0.144. The highest BCUT2D eigenvalue weighted by molar-refractivity contribution is 5.80. The van der Waals surface area contributed by atoms with E-state index in [9.17, 15) is 14.7 Å². The van der Waals surface area contributed by atoms with E-state index in [-0.39, 0.29) is 5.92 Å². The molecule has 0 bridgehead atoms. The molecular formula is C20H25N3O4. The molecule has 1 amide bonds. The number of hydrogen-bond acceptors (Lipinski definition) is 4. The summed E-state index contributed by atoms with van der Waals surface area (Å²) < 4.78 is 7.15. The van der Waals surface area contributed by atoms with Crippen molar-refractivity contribution >= 4 is 12.1 Å². The van der Waals surface area contributed by atoms with Crippen molar-refractivity contribution < 1.29 is 19.4 Å². The topological polar surface area (TPSA) is 84.7 Å². The maximum atomic E-state index is 12.4. The summed E-state index contributed by atoms with van der Waals surface area (Å²) in [5.74, 6) is -0.950. The molecule has 1 aliphatic rings. The van der Waals surface area contributed by atoms with Crippen molar-refractivity contribution in [2.45, 2.75) is 51.2 Å². The van der Waals surface area contributed by atoms with Gasteiger partial charge in [0.25, 0.3) is 0 Å². The first kappa shape index (κ1) is 18.9. The normalized spacial score (nSPS) is 20.3. The van der Waals surface area contributed by atoms with Crippen LogP contribution in [-0.2, 0) is 9.53 Å². The molecule has 1 aliphatic heterocycles. The number of benzene rings is 1. The molecule has 1 aromatic carbocycles. The lowest BCUT2D eigenvalue weighted by Crippen LogP contribution is -2.51. The van der Waals surface area contributed by atoms with E-state index in [0.717, 1.165) is 11.3 Å². The summed E-state index contributed by atoms with van der Waals surface area (Å²) in [6.45, 7) is 5.67. The number of carboxylic acid groups (broad SMARTS) is 1. The maximum absolute atomic E-state index is 12.4. The molecule has 27 heavy (non-hydrogen) atoms. The molecule has 1 saturated heterocycles. The Morgan fingerprint density at radius 2 is 2.04 bits per heavy atom. The van der Waals surface area contributed by atoms with Crippen LogP contribution < -0.4 is 0 Å². The minimum absolute atomic E-state index is 0.0558. The van der Waals surface area contributed by atoms with Gasteiger partial charge in [-0.05, 0) is 63.3 Å². The Morgan fingerprint density at radius 3 is 2.67 bits per heavy atom. The Balaban J connectivity index is 1.78. The van der Waals surface area contributed by atoms with Gasteiger partial charge >= 0.3 is 12.1 Å². The molecular weight excluding hydrogens is 346 g/mol. The highest BCUT2D eigenvalue weighted by atomic mass is 16.6. The van der Waals surface area contributed by atoms with Gasteiger partial charge in [-0.25, -0.2) is 14.3 Å². The standard InChI is InChI=1S/C20H25N3O4/c1-20(2,3)27-19(26)22-11-8-15(13-17(22)18(24)25)14-6-4-7-16(12-14)23-10-5-9-21-23/h4-7,9-10,12,15,17H,8,11,13H2,1-3H3,(H,24,25)/t15-,17+/m0/s1. The zero-order valence-electron chi connectivity index (χ0n) is 15.8. The largest absolute Gasteiger partial charge is 0.480 e. The van der Waals surface area contributed by atoms with E-state index in [1.807, 2.05) is 36.5 Å². The molecule has 0 radical (unpaired) electrons. The summed E-state index contributed by atoms with van der Waals surface area (Å²) in [4.78, 5) is 25.5. The number of piperidine rings is 1. The van der Waals surface area contributed by atoms with E-state index in [2.05, 4.69) is 5.10 Å². The first-order chi connectivity index (χ1) is 12.7.